The van der Waals surface area contributed by atoms with Gasteiger partial charge in [-0.3, -0.25) is 4.79 Å². The van der Waals surface area contributed by atoms with Crippen LogP contribution in [0.3, 0.4) is 0 Å². The Morgan fingerprint density at radius 3 is 2.57 bits per heavy atom. The maximum Gasteiger partial charge on any atom is 0.235 e. The SMILES string of the molecule is C/C(COc1c(-c2ccccc2)oc2ccccc2c1=O)=N\O. The summed E-state index contributed by atoms with van der Waals surface area (Å²) in [6.07, 6.45) is 0. The highest BCUT2D eigenvalue weighted by Gasteiger charge is 2.17. The zero-order valence-electron chi connectivity index (χ0n) is 12.5. The van der Waals surface area contributed by atoms with E-state index in [4.69, 9.17) is 14.4 Å². The van der Waals surface area contributed by atoms with Crippen LogP contribution in [0.1, 0.15) is 6.92 Å². The van der Waals surface area contributed by atoms with E-state index < -0.39 is 0 Å². The van der Waals surface area contributed by atoms with Crippen molar-refractivity contribution >= 4 is 16.7 Å². The number of hydrogen-bond acceptors (Lipinski definition) is 5. The molecule has 5 heteroatoms. The van der Waals surface area contributed by atoms with Gasteiger partial charge in [0, 0.05) is 5.56 Å². The van der Waals surface area contributed by atoms with E-state index in [0.717, 1.165) is 5.56 Å². The van der Waals surface area contributed by atoms with Crippen molar-refractivity contribution < 1.29 is 14.4 Å². The molecule has 0 saturated carbocycles. The van der Waals surface area contributed by atoms with Crippen LogP contribution in [0.5, 0.6) is 5.75 Å². The van der Waals surface area contributed by atoms with Crippen molar-refractivity contribution in [3.8, 4) is 17.1 Å². The molecule has 1 aromatic heterocycles. The first kappa shape index (κ1) is 14.8. The van der Waals surface area contributed by atoms with Gasteiger partial charge in [-0.05, 0) is 19.1 Å². The van der Waals surface area contributed by atoms with E-state index in [1.807, 2.05) is 36.4 Å². The lowest BCUT2D eigenvalue weighted by molar-refractivity contribution is 0.305. The van der Waals surface area contributed by atoms with Gasteiger partial charge in [-0.2, -0.15) is 0 Å². The van der Waals surface area contributed by atoms with Crippen LogP contribution in [0.4, 0.5) is 0 Å². The highest BCUT2D eigenvalue weighted by atomic mass is 16.5. The number of fused-ring (bicyclic) bond motifs is 1. The van der Waals surface area contributed by atoms with E-state index >= 15 is 0 Å². The largest absolute Gasteiger partial charge is 0.480 e. The summed E-state index contributed by atoms with van der Waals surface area (Å²) in [5, 5.41) is 12.2. The molecule has 0 atom stereocenters. The Balaban J connectivity index is 2.21. The molecule has 1 N–H and O–H groups in total. The maximum absolute atomic E-state index is 12.7. The molecule has 0 unspecified atom stereocenters. The summed E-state index contributed by atoms with van der Waals surface area (Å²) >= 11 is 0. The maximum atomic E-state index is 12.7. The van der Waals surface area contributed by atoms with Crippen LogP contribution >= 0.6 is 0 Å². The summed E-state index contributed by atoms with van der Waals surface area (Å²) in [6.45, 7) is 1.60. The minimum absolute atomic E-state index is 0.000562. The van der Waals surface area contributed by atoms with Crippen LogP contribution in [-0.2, 0) is 0 Å². The third kappa shape index (κ3) is 2.94. The first-order valence-electron chi connectivity index (χ1n) is 7.12. The predicted molar refractivity (Wildman–Crippen MR) is 88.3 cm³/mol. The van der Waals surface area contributed by atoms with Crippen molar-refractivity contribution in [3.63, 3.8) is 0 Å². The zero-order chi connectivity index (χ0) is 16.2. The van der Waals surface area contributed by atoms with Gasteiger partial charge in [-0.15, -0.1) is 0 Å². The Morgan fingerprint density at radius 2 is 1.83 bits per heavy atom. The average molecular weight is 309 g/mol. The fraction of sp³-hybridized carbons (Fsp3) is 0.111. The van der Waals surface area contributed by atoms with Gasteiger partial charge < -0.3 is 14.4 Å². The summed E-state index contributed by atoms with van der Waals surface area (Å²) in [7, 11) is 0. The summed E-state index contributed by atoms with van der Waals surface area (Å²) in [6, 6.07) is 16.3. The van der Waals surface area contributed by atoms with E-state index in [0.29, 0.717) is 22.4 Å². The molecular formula is C18H15NO4. The summed E-state index contributed by atoms with van der Waals surface area (Å²) in [5.41, 5.74) is 1.34. The Bertz CT molecular complexity index is 913. The van der Waals surface area contributed by atoms with Gasteiger partial charge in [0.2, 0.25) is 11.2 Å². The molecule has 2 aromatic carbocycles. The molecule has 0 amide bonds. The second-order valence-electron chi connectivity index (χ2n) is 5.08. The standard InChI is InChI=1S/C18H15NO4/c1-12(19-21)11-22-18-16(20)14-9-5-6-10-15(14)23-17(18)13-7-3-2-4-8-13/h2-10,21H,11H2,1H3/b19-12+. The smallest absolute Gasteiger partial charge is 0.235 e. The molecule has 1 heterocycles. The van der Waals surface area contributed by atoms with Gasteiger partial charge in [0.1, 0.15) is 12.2 Å². The van der Waals surface area contributed by atoms with Gasteiger partial charge in [0.05, 0.1) is 11.1 Å². The van der Waals surface area contributed by atoms with Crippen molar-refractivity contribution in [3.05, 3.63) is 64.8 Å². The number of hydrogen-bond donors (Lipinski definition) is 1. The number of para-hydroxylation sites is 1. The Hall–Kier alpha value is -3.08. The zero-order valence-corrected chi connectivity index (χ0v) is 12.5. The van der Waals surface area contributed by atoms with Crippen LogP contribution in [0.15, 0.2) is 69.0 Å². The van der Waals surface area contributed by atoms with Crippen LogP contribution in [0.25, 0.3) is 22.3 Å². The van der Waals surface area contributed by atoms with Crippen molar-refractivity contribution in [1.29, 1.82) is 0 Å². The fourth-order valence-corrected chi connectivity index (χ4v) is 2.24. The van der Waals surface area contributed by atoms with E-state index in [2.05, 4.69) is 5.16 Å². The first-order valence-corrected chi connectivity index (χ1v) is 7.12. The second-order valence-corrected chi connectivity index (χ2v) is 5.08. The van der Waals surface area contributed by atoms with Crippen molar-refractivity contribution in [2.24, 2.45) is 5.16 Å². The Labute approximate surface area is 132 Å². The van der Waals surface area contributed by atoms with Crippen LogP contribution in [-0.4, -0.2) is 17.5 Å². The molecule has 3 rings (SSSR count). The summed E-state index contributed by atoms with van der Waals surface area (Å²) in [5.74, 6) is 0.470. The summed E-state index contributed by atoms with van der Waals surface area (Å²) < 4.78 is 11.5. The fourth-order valence-electron chi connectivity index (χ4n) is 2.24. The molecule has 0 saturated heterocycles. The molecule has 23 heavy (non-hydrogen) atoms. The molecule has 0 radical (unpaired) electrons. The Kier molecular flexibility index (Phi) is 4.10. The molecule has 5 nitrogen and oxygen atoms in total. The van der Waals surface area contributed by atoms with Crippen molar-refractivity contribution in [1.82, 2.24) is 0 Å². The number of ether oxygens (including phenoxy) is 1. The quantitative estimate of drug-likeness (QED) is 0.453. The van der Waals surface area contributed by atoms with Crippen LogP contribution in [0.2, 0.25) is 0 Å². The molecule has 0 fully saturated rings. The normalized spacial score (nSPS) is 11.6. The summed E-state index contributed by atoms with van der Waals surface area (Å²) in [4.78, 5) is 12.7. The molecule has 3 aromatic rings. The average Bonchev–Trinajstić information content (AvgIpc) is 2.61. The molecule has 0 bridgehead atoms. The van der Waals surface area contributed by atoms with Gasteiger partial charge in [-0.25, -0.2) is 0 Å². The first-order chi connectivity index (χ1) is 11.2. The van der Waals surface area contributed by atoms with Gasteiger partial charge in [0.15, 0.2) is 5.76 Å². The molecule has 0 aliphatic carbocycles. The minimum Gasteiger partial charge on any atom is -0.480 e. The predicted octanol–water partition coefficient (Wildman–Crippen LogP) is 3.69. The lowest BCUT2D eigenvalue weighted by Crippen LogP contribution is -2.15. The van der Waals surface area contributed by atoms with Crippen LogP contribution < -0.4 is 10.2 Å². The van der Waals surface area contributed by atoms with E-state index in [1.54, 1.807) is 25.1 Å². The molecule has 0 aliphatic rings. The number of benzene rings is 2. The van der Waals surface area contributed by atoms with Crippen molar-refractivity contribution in [2.45, 2.75) is 6.92 Å². The third-order valence-corrected chi connectivity index (χ3v) is 3.39. The number of rotatable bonds is 4. The lowest BCUT2D eigenvalue weighted by Gasteiger charge is -2.11. The molecular weight excluding hydrogens is 294 g/mol. The lowest BCUT2D eigenvalue weighted by atomic mass is 10.1. The monoisotopic (exact) mass is 309 g/mol. The van der Waals surface area contributed by atoms with Gasteiger partial charge >= 0.3 is 0 Å². The second kappa shape index (κ2) is 6.36. The highest BCUT2D eigenvalue weighted by Crippen LogP contribution is 2.30. The van der Waals surface area contributed by atoms with Crippen LogP contribution in [0, 0.1) is 0 Å². The Morgan fingerprint density at radius 1 is 1.13 bits per heavy atom. The minimum atomic E-state index is -0.253. The molecule has 0 aliphatic heterocycles. The van der Waals surface area contributed by atoms with Crippen molar-refractivity contribution in [2.75, 3.05) is 6.61 Å². The third-order valence-electron chi connectivity index (χ3n) is 3.39. The van der Waals surface area contributed by atoms with E-state index in [1.165, 1.54) is 0 Å². The molecule has 116 valence electrons. The molecule has 0 spiro atoms. The number of nitrogens with zero attached hydrogens (tertiary/aromatic N) is 1. The van der Waals surface area contributed by atoms with Gasteiger partial charge in [-0.1, -0.05) is 47.6 Å². The highest BCUT2D eigenvalue weighted by molar-refractivity contribution is 5.84. The topological polar surface area (TPSA) is 72.0 Å². The van der Waals surface area contributed by atoms with E-state index in [9.17, 15) is 4.79 Å². The van der Waals surface area contributed by atoms with E-state index in [-0.39, 0.29) is 17.8 Å². The number of oxime groups is 1. The van der Waals surface area contributed by atoms with Gasteiger partial charge in [0.25, 0.3) is 0 Å².